The van der Waals surface area contributed by atoms with Gasteiger partial charge in [-0.3, -0.25) is 9.59 Å². The van der Waals surface area contributed by atoms with Crippen LogP contribution in [0.2, 0.25) is 0 Å². The molecular weight excluding hydrogens is 472 g/mol. The lowest BCUT2D eigenvalue weighted by molar-refractivity contribution is -0.137. The molecule has 1 saturated heterocycles. The van der Waals surface area contributed by atoms with E-state index in [1.54, 1.807) is 4.90 Å². The minimum absolute atomic E-state index is 0.00948. The molecule has 210 valence electrons. The summed E-state index contributed by atoms with van der Waals surface area (Å²) in [4.78, 5) is 30.1. The van der Waals surface area contributed by atoms with E-state index < -0.39 is 18.3 Å². The zero-order chi connectivity index (χ0) is 27.8. The van der Waals surface area contributed by atoms with Crippen LogP contribution in [0.4, 0.5) is 0 Å². The van der Waals surface area contributed by atoms with E-state index in [1.165, 1.54) is 14.0 Å². The molecule has 0 aliphatic carbocycles. The van der Waals surface area contributed by atoms with Crippen LogP contribution in [0, 0.1) is 5.92 Å². The van der Waals surface area contributed by atoms with Gasteiger partial charge >= 0.3 is 0 Å². The quantitative estimate of drug-likeness (QED) is 0.632. The van der Waals surface area contributed by atoms with Crippen molar-refractivity contribution in [3.63, 3.8) is 0 Å². The molecule has 8 nitrogen and oxygen atoms in total. The molecule has 0 saturated carbocycles. The summed E-state index contributed by atoms with van der Waals surface area (Å²) >= 11 is 0. The average molecular weight is 521 g/mol. The monoisotopic (exact) mass is 520 g/mol. The maximum absolute atomic E-state index is 13.9. The van der Waals surface area contributed by atoms with Gasteiger partial charge in [0.1, 0.15) is 18.3 Å². The molecular formula is C29H48N2O6. The Morgan fingerprint density at radius 2 is 1.76 bits per heavy atom. The number of nitrogens with zero attached hydrogens (tertiary/aromatic N) is 2. The molecule has 1 aliphatic rings. The highest BCUT2D eigenvalue weighted by Crippen LogP contribution is 2.24. The molecule has 2 N–H and O–H groups in total. The molecule has 0 radical (unpaired) electrons. The zero-order valence-corrected chi connectivity index (χ0v) is 23.8. The van der Waals surface area contributed by atoms with E-state index in [0.29, 0.717) is 37.6 Å². The van der Waals surface area contributed by atoms with Gasteiger partial charge in [-0.1, -0.05) is 46.8 Å². The molecule has 1 heterocycles. The van der Waals surface area contributed by atoms with Crippen LogP contribution < -0.4 is 0 Å². The van der Waals surface area contributed by atoms with Gasteiger partial charge in [0.2, 0.25) is 5.91 Å². The van der Waals surface area contributed by atoms with Crippen LogP contribution in [0.5, 0.6) is 0 Å². The van der Waals surface area contributed by atoms with Gasteiger partial charge < -0.3 is 29.5 Å². The Bertz CT molecular complexity index is 851. The van der Waals surface area contributed by atoms with E-state index in [1.807, 2.05) is 29.2 Å². The van der Waals surface area contributed by atoms with E-state index in [2.05, 4.69) is 34.6 Å². The van der Waals surface area contributed by atoms with Crippen LogP contribution in [-0.4, -0.2) is 96.1 Å². The maximum atomic E-state index is 13.9. The molecule has 0 aromatic heterocycles. The van der Waals surface area contributed by atoms with Crippen LogP contribution in [0.3, 0.4) is 0 Å². The first-order valence-corrected chi connectivity index (χ1v) is 13.5. The van der Waals surface area contributed by atoms with Crippen molar-refractivity contribution < 1.29 is 29.3 Å². The number of methoxy groups -OCH3 is 1. The largest absolute Gasteiger partial charge is 0.388 e. The molecule has 1 aromatic carbocycles. The third kappa shape index (κ3) is 9.36. The Labute approximate surface area is 222 Å². The Balaban J connectivity index is 2.42. The molecule has 0 bridgehead atoms. The normalized spacial score (nSPS) is 25.1. The number of hydrogen-bond donors (Lipinski definition) is 2. The SMILES string of the molecule is CO[C@@H]1CN(C(C)=O)C[C@H](CC(C)C)N(C(=O)c2ccc(C(C)(C)C)cc2)CCCCOC[C@@H](O)[C@H]1O. The molecule has 1 fully saturated rings. The molecule has 1 aromatic rings. The van der Waals surface area contributed by atoms with Crippen molar-refractivity contribution >= 4 is 11.8 Å². The molecule has 2 amide bonds. The standard InChI is InChI=1S/C29H48N2O6/c1-20(2)16-24-17-30(21(3)32)18-26(36-7)27(34)25(33)19-37-15-9-8-14-31(24)28(35)22-10-12-23(13-11-22)29(4,5)6/h10-13,20,24-27,33-34H,8-9,14-19H2,1-7H3/t24-,25+,26+,27+/m0/s1. The van der Waals surface area contributed by atoms with Gasteiger partial charge in [-0.05, 0) is 48.3 Å². The Hall–Kier alpha value is -2.00. The Kier molecular flexibility index (Phi) is 12.0. The van der Waals surface area contributed by atoms with Gasteiger partial charge in [0.25, 0.3) is 5.91 Å². The van der Waals surface area contributed by atoms with E-state index in [4.69, 9.17) is 9.47 Å². The van der Waals surface area contributed by atoms with E-state index in [0.717, 1.165) is 18.4 Å². The summed E-state index contributed by atoms with van der Waals surface area (Å²) in [6, 6.07) is 7.60. The van der Waals surface area contributed by atoms with Gasteiger partial charge in [-0.2, -0.15) is 0 Å². The lowest BCUT2D eigenvalue weighted by Crippen LogP contribution is -2.53. The summed E-state index contributed by atoms with van der Waals surface area (Å²) in [5, 5.41) is 21.1. The van der Waals surface area contributed by atoms with E-state index >= 15 is 0 Å². The van der Waals surface area contributed by atoms with E-state index in [-0.39, 0.29) is 36.4 Å². The van der Waals surface area contributed by atoms with Crippen LogP contribution in [0.15, 0.2) is 24.3 Å². The summed E-state index contributed by atoms with van der Waals surface area (Å²) in [6.45, 7) is 13.5. The summed E-state index contributed by atoms with van der Waals surface area (Å²) in [5.74, 6) is 0.0642. The number of benzene rings is 1. The number of rotatable bonds is 4. The number of carbonyl (C=O) groups excluding carboxylic acids is 2. The van der Waals surface area contributed by atoms with Crippen molar-refractivity contribution in [1.82, 2.24) is 9.80 Å². The predicted octanol–water partition coefficient (Wildman–Crippen LogP) is 3.24. The fourth-order valence-electron chi connectivity index (χ4n) is 4.73. The first-order chi connectivity index (χ1) is 17.3. The van der Waals surface area contributed by atoms with Crippen molar-refractivity contribution in [2.24, 2.45) is 5.92 Å². The lowest BCUT2D eigenvalue weighted by Gasteiger charge is -2.38. The Morgan fingerprint density at radius 3 is 2.30 bits per heavy atom. The molecule has 0 unspecified atom stereocenters. The third-order valence-electron chi connectivity index (χ3n) is 7.02. The number of amides is 2. The molecule has 37 heavy (non-hydrogen) atoms. The van der Waals surface area contributed by atoms with Crippen LogP contribution in [-0.2, 0) is 19.7 Å². The van der Waals surface area contributed by atoms with Crippen molar-refractivity contribution in [2.75, 3.05) is 40.0 Å². The summed E-state index contributed by atoms with van der Waals surface area (Å²) in [5.41, 5.74) is 1.78. The molecule has 0 spiro atoms. The molecule has 2 rings (SSSR count). The highest BCUT2D eigenvalue weighted by Gasteiger charge is 2.33. The molecule has 8 heteroatoms. The van der Waals surface area contributed by atoms with Gasteiger partial charge in [-0.15, -0.1) is 0 Å². The average Bonchev–Trinajstić information content (AvgIpc) is 2.83. The van der Waals surface area contributed by atoms with Crippen molar-refractivity contribution in [1.29, 1.82) is 0 Å². The fraction of sp³-hybridized carbons (Fsp3) is 0.724. The minimum Gasteiger partial charge on any atom is -0.388 e. The summed E-state index contributed by atoms with van der Waals surface area (Å²) in [7, 11) is 1.45. The maximum Gasteiger partial charge on any atom is 0.254 e. The highest BCUT2D eigenvalue weighted by atomic mass is 16.5. The second-order valence-corrected chi connectivity index (χ2v) is 11.6. The van der Waals surface area contributed by atoms with Gasteiger partial charge in [0.05, 0.1) is 6.61 Å². The molecule has 1 aliphatic heterocycles. The molecule has 4 atom stereocenters. The lowest BCUT2D eigenvalue weighted by atomic mass is 9.86. The van der Waals surface area contributed by atoms with E-state index in [9.17, 15) is 19.8 Å². The number of carbonyl (C=O) groups is 2. The first kappa shape index (κ1) is 31.2. The zero-order valence-electron chi connectivity index (χ0n) is 23.8. The van der Waals surface area contributed by atoms with Gasteiger partial charge in [0.15, 0.2) is 0 Å². The van der Waals surface area contributed by atoms with Gasteiger partial charge in [0, 0.05) is 51.9 Å². The first-order valence-electron chi connectivity index (χ1n) is 13.5. The van der Waals surface area contributed by atoms with Crippen LogP contribution in [0.25, 0.3) is 0 Å². The number of aliphatic hydroxyl groups is 2. The smallest absolute Gasteiger partial charge is 0.254 e. The predicted molar refractivity (Wildman–Crippen MR) is 145 cm³/mol. The van der Waals surface area contributed by atoms with Crippen LogP contribution in [0.1, 0.15) is 76.7 Å². The third-order valence-corrected chi connectivity index (χ3v) is 7.02. The Morgan fingerprint density at radius 1 is 1.11 bits per heavy atom. The highest BCUT2D eigenvalue weighted by molar-refractivity contribution is 5.94. The number of hydrogen-bond acceptors (Lipinski definition) is 6. The van der Waals surface area contributed by atoms with Crippen molar-refractivity contribution in [3.05, 3.63) is 35.4 Å². The number of ether oxygens (including phenoxy) is 2. The van der Waals surface area contributed by atoms with Crippen molar-refractivity contribution in [3.8, 4) is 0 Å². The van der Waals surface area contributed by atoms with Crippen molar-refractivity contribution in [2.45, 2.75) is 90.6 Å². The number of aliphatic hydroxyl groups excluding tert-OH is 2. The second kappa shape index (κ2) is 14.2. The van der Waals surface area contributed by atoms with Gasteiger partial charge in [-0.25, -0.2) is 0 Å². The summed E-state index contributed by atoms with van der Waals surface area (Å²) < 4.78 is 11.1. The fourth-order valence-corrected chi connectivity index (χ4v) is 4.73. The van der Waals surface area contributed by atoms with Crippen LogP contribution >= 0.6 is 0 Å². The summed E-state index contributed by atoms with van der Waals surface area (Å²) in [6.07, 6.45) is -0.984. The minimum atomic E-state index is -1.21. The topological polar surface area (TPSA) is 99.5 Å². The second-order valence-electron chi connectivity index (χ2n) is 11.6.